The van der Waals surface area contributed by atoms with E-state index < -0.39 is 65.7 Å². The van der Waals surface area contributed by atoms with Crippen molar-refractivity contribution in [3.05, 3.63) is 22.7 Å². The fraction of sp³-hybridized carbons (Fsp3) is 0.571. The summed E-state index contributed by atoms with van der Waals surface area (Å²) >= 11 is 0. The van der Waals surface area contributed by atoms with Gasteiger partial charge in [-0.1, -0.05) is 5.92 Å². The number of anilines is 1. The van der Waals surface area contributed by atoms with Gasteiger partial charge in [-0.25, -0.2) is 18.5 Å². The van der Waals surface area contributed by atoms with Crippen LogP contribution in [0.3, 0.4) is 0 Å². The molecule has 7 atom stereocenters. The molecule has 0 saturated carbocycles. The van der Waals surface area contributed by atoms with E-state index in [1.165, 1.54) is 19.2 Å². The average Bonchev–Trinajstić information content (AvgIpc) is 2.90. The van der Waals surface area contributed by atoms with Crippen LogP contribution in [0.1, 0.15) is 20.1 Å². The van der Waals surface area contributed by atoms with Crippen molar-refractivity contribution in [2.75, 3.05) is 12.3 Å². The summed E-state index contributed by atoms with van der Waals surface area (Å²) in [5.41, 5.74) is 9.22. The number of aromatic nitrogens is 2. The number of aliphatic hydroxyl groups excluding tert-OH is 1. The minimum atomic E-state index is -5.76. The summed E-state index contributed by atoms with van der Waals surface area (Å²) in [6.07, 6.45) is -3.09. The van der Waals surface area contributed by atoms with Gasteiger partial charge in [-0.2, -0.15) is 13.6 Å². The fourth-order valence-electron chi connectivity index (χ4n) is 3.34. The number of nitrogen functional groups attached to an aromatic ring is 1. The van der Waals surface area contributed by atoms with Crippen molar-refractivity contribution in [2.24, 2.45) is 11.7 Å². The summed E-state index contributed by atoms with van der Waals surface area (Å²) < 4.78 is 53.3. The number of phosphoric acid groups is 3. The summed E-state index contributed by atoms with van der Waals surface area (Å²) in [5, 5.41) is 9.98. The maximum atomic E-state index is 12.3. The number of ether oxygens (including phenoxy) is 1. The monoisotopic (exact) mass is 548 g/mol. The SMILES string of the molecule is CC#CC1(N)C(CO)[C@@H]([C@@H](C)OP(=O)(O)OP(=O)(O)OP(=O)(O)O)O[C@H]1n1ccc(N)nc1=O. The van der Waals surface area contributed by atoms with Crippen LogP contribution in [-0.2, 0) is 31.6 Å². The molecule has 4 unspecified atom stereocenters. The Labute approximate surface area is 192 Å². The Morgan fingerprint density at radius 3 is 2.38 bits per heavy atom. The smallest absolute Gasteiger partial charge is 0.396 e. The lowest BCUT2D eigenvalue weighted by Gasteiger charge is -2.30. The van der Waals surface area contributed by atoms with Crippen molar-refractivity contribution in [2.45, 2.75) is 37.8 Å². The molecule has 34 heavy (non-hydrogen) atoms. The predicted molar refractivity (Wildman–Crippen MR) is 112 cm³/mol. The van der Waals surface area contributed by atoms with Gasteiger partial charge < -0.3 is 40.9 Å². The third-order valence-corrected chi connectivity index (χ3v) is 8.45. The number of rotatable bonds is 9. The van der Waals surface area contributed by atoms with Gasteiger partial charge >= 0.3 is 29.2 Å². The molecule has 1 aromatic heterocycles. The summed E-state index contributed by atoms with van der Waals surface area (Å²) in [6, 6.07) is 1.27. The van der Waals surface area contributed by atoms with Crippen LogP contribution < -0.4 is 17.2 Å². The molecule has 1 aromatic rings. The molecule has 2 heterocycles. The maximum absolute atomic E-state index is 12.3. The lowest BCUT2D eigenvalue weighted by molar-refractivity contribution is -0.0682. The van der Waals surface area contributed by atoms with Crippen LogP contribution in [0.5, 0.6) is 0 Å². The zero-order valence-corrected chi connectivity index (χ0v) is 20.2. The third-order valence-electron chi connectivity index (χ3n) is 4.53. The van der Waals surface area contributed by atoms with Gasteiger partial charge in [-0.3, -0.25) is 9.09 Å². The van der Waals surface area contributed by atoms with Gasteiger partial charge in [0.1, 0.15) is 11.4 Å². The molecule has 2 rings (SSSR count). The van der Waals surface area contributed by atoms with Crippen LogP contribution >= 0.6 is 23.5 Å². The highest BCUT2D eigenvalue weighted by Gasteiger charge is 2.57. The van der Waals surface area contributed by atoms with Crippen molar-refractivity contribution in [1.82, 2.24) is 9.55 Å². The fourth-order valence-corrected chi connectivity index (χ4v) is 6.54. The van der Waals surface area contributed by atoms with E-state index in [1.54, 1.807) is 0 Å². The van der Waals surface area contributed by atoms with Gasteiger partial charge in [0.05, 0.1) is 18.8 Å². The van der Waals surface area contributed by atoms with E-state index in [0.29, 0.717) is 0 Å². The molecule has 1 aliphatic heterocycles. The normalized spacial score (nSPS) is 29.5. The summed E-state index contributed by atoms with van der Waals surface area (Å²) in [7, 11) is -16.9. The minimum Gasteiger partial charge on any atom is -0.396 e. The van der Waals surface area contributed by atoms with Crippen LogP contribution in [-0.4, -0.2) is 58.6 Å². The molecule has 0 radical (unpaired) electrons. The summed E-state index contributed by atoms with van der Waals surface area (Å²) in [4.78, 5) is 52.2. The van der Waals surface area contributed by atoms with Gasteiger partial charge in [0.15, 0.2) is 6.23 Å². The van der Waals surface area contributed by atoms with Crippen molar-refractivity contribution < 1.29 is 56.3 Å². The zero-order chi connectivity index (χ0) is 26.1. The summed E-state index contributed by atoms with van der Waals surface area (Å²) in [6.45, 7) is 1.85. The van der Waals surface area contributed by atoms with Crippen molar-refractivity contribution in [3.63, 3.8) is 0 Å². The summed E-state index contributed by atoms with van der Waals surface area (Å²) in [5.74, 6) is 3.93. The van der Waals surface area contributed by atoms with Crippen LogP contribution in [0.15, 0.2) is 17.1 Å². The average molecular weight is 548 g/mol. The first-order valence-corrected chi connectivity index (χ1v) is 13.6. The lowest BCUT2D eigenvalue weighted by Crippen LogP contribution is -2.53. The van der Waals surface area contributed by atoms with E-state index in [4.69, 9.17) is 30.5 Å². The van der Waals surface area contributed by atoms with Crippen LogP contribution in [0.2, 0.25) is 0 Å². The van der Waals surface area contributed by atoms with E-state index >= 15 is 0 Å². The third kappa shape index (κ3) is 6.81. The Bertz CT molecular complexity index is 1180. The van der Waals surface area contributed by atoms with Crippen LogP contribution in [0.25, 0.3) is 0 Å². The van der Waals surface area contributed by atoms with Crippen molar-refractivity contribution in [1.29, 1.82) is 0 Å². The van der Waals surface area contributed by atoms with Crippen LogP contribution in [0.4, 0.5) is 5.82 Å². The Balaban J connectivity index is 2.37. The number of hydrogen-bond acceptors (Lipinski definition) is 12. The topological polar surface area (TPSA) is 276 Å². The molecule has 0 aromatic carbocycles. The van der Waals surface area contributed by atoms with E-state index in [-0.39, 0.29) is 5.82 Å². The van der Waals surface area contributed by atoms with E-state index in [9.17, 15) is 33.4 Å². The second kappa shape index (κ2) is 10.3. The number of aliphatic hydroxyl groups is 1. The Kier molecular flexibility index (Phi) is 8.68. The molecule has 0 bridgehead atoms. The van der Waals surface area contributed by atoms with Gasteiger partial charge in [0.2, 0.25) is 0 Å². The minimum absolute atomic E-state index is 0.0975. The molecular formula is C14H23N4O13P3. The van der Waals surface area contributed by atoms with E-state index in [1.807, 2.05) is 0 Å². The second-order valence-corrected chi connectivity index (χ2v) is 11.4. The first-order valence-electron chi connectivity index (χ1n) is 9.10. The molecule has 0 spiro atoms. The lowest BCUT2D eigenvalue weighted by atomic mass is 9.81. The molecule has 1 saturated heterocycles. The van der Waals surface area contributed by atoms with Gasteiger partial charge in [0.25, 0.3) is 0 Å². The number of phosphoric ester groups is 1. The molecule has 1 fully saturated rings. The first kappa shape index (κ1) is 28.8. The largest absolute Gasteiger partial charge is 0.490 e. The highest BCUT2D eigenvalue weighted by molar-refractivity contribution is 7.66. The molecule has 9 N–H and O–H groups in total. The van der Waals surface area contributed by atoms with Gasteiger partial charge in [-0.15, -0.1) is 5.92 Å². The Hall–Kier alpha value is -1.47. The quantitative estimate of drug-likeness (QED) is 0.141. The van der Waals surface area contributed by atoms with Gasteiger partial charge in [0, 0.05) is 12.1 Å². The molecule has 0 amide bonds. The number of hydrogen-bond donors (Lipinski definition) is 7. The highest BCUT2D eigenvalue weighted by atomic mass is 31.3. The molecule has 192 valence electrons. The molecule has 17 nitrogen and oxygen atoms in total. The standard InChI is InChI=1S/C14H23N4O13P3/c1-3-5-14(16)9(7-19)11(28-12(14)18-6-4-10(15)17-13(18)20)8(2)29-33(24,25)31-34(26,27)30-32(21,22)23/h4,6,8-9,11-12,19H,7,16H2,1-2H3,(H,24,25)(H,26,27)(H2,15,17,20)(H2,21,22,23)/t8-,9?,11-,12-,14?/m1/s1. The highest BCUT2D eigenvalue weighted by Crippen LogP contribution is 2.66. The first-order chi connectivity index (χ1) is 15.4. The predicted octanol–water partition coefficient (Wildman–Crippen LogP) is -1.22. The second-order valence-electron chi connectivity index (χ2n) is 6.99. The Morgan fingerprint density at radius 1 is 1.26 bits per heavy atom. The van der Waals surface area contributed by atoms with Crippen molar-refractivity contribution >= 4 is 29.3 Å². The van der Waals surface area contributed by atoms with Gasteiger partial charge in [-0.05, 0) is 19.9 Å². The van der Waals surface area contributed by atoms with E-state index in [2.05, 4.69) is 25.4 Å². The van der Waals surface area contributed by atoms with Crippen LogP contribution in [0, 0.1) is 17.8 Å². The molecular weight excluding hydrogens is 525 g/mol. The Morgan fingerprint density at radius 2 is 1.88 bits per heavy atom. The molecule has 0 aliphatic carbocycles. The van der Waals surface area contributed by atoms with E-state index in [0.717, 1.165) is 11.5 Å². The van der Waals surface area contributed by atoms with Crippen molar-refractivity contribution in [3.8, 4) is 11.8 Å². The number of nitrogens with zero attached hydrogens (tertiary/aromatic N) is 2. The number of nitrogens with two attached hydrogens (primary N) is 2. The maximum Gasteiger partial charge on any atom is 0.490 e. The molecule has 20 heteroatoms. The zero-order valence-electron chi connectivity index (χ0n) is 17.6. The molecule has 1 aliphatic rings.